The van der Waals surface area contributed by atoms with E-state index in [2.05, 4.69) is 41.2 Å². The average molecular weight is 633 g/mol. The number of hydrogen-bond acceptors (Lipinski definition) is 7. The Bertz CT molecular complexity index is 1940. The highest BCUT2D eigenvalue weighted by Gasteiger charge is 2.29. The molecular formula is C37H33ClN4O4. The molecule has 9 heteroatoms. The number of ether oxygens (including phenoxy) is 2. The van der Waals surface area contributed by atoms with Crippen molar-refractivity contribution in [2.45, 2.75) is 52.0 Å². The SMILES string of the molecule is Cc1c(COc2cc(OCc3cncc(C#N)c3)c(CN3CCCCC3C(=O)O)cc2Cl)cccc1-c1cnc2ccccc2c1. The number of fused-ring (bicyclic) bond motifs is 1. The van der Waals surface area contributed by atoms with Gasteiger partial charge in [-0.2, -0.15) is 5.26 Å². The van der Waals surface area contributed by atoms with E-state index in [1.165, 1.54) is 6.20 Å². The maximum absolute atomic E-state index is 12.0. The molecular weight excluding hydrogens is 600 g/mol. The number of nitrogens with zero attached hydrogens (tertiary/aromatic N) is 4. The van der Waals surface area contributed by atoms with E-state index in [0.717, 1.165) is 57.1 Å². The van der Waals surface area contributed by atoms with Crippen molar-refractivity contribution in [1.29, 1.82) is 5.26 Å². The summed E-state index contributed by atoms with van der Waals surface area (Å²) in [6, 6.07) is 23.2. The maximum atomic E-state index is 12.0. The van der Waals surface area contributed by atoms with E-state index in [-0.39, 0.29) is 13.2 Å². The van der Waals surface area contributed by atoms with Crippen LogP contribution in [-0.4, -0.2) is 38.5 Å². The van der Waals surface area contributed by atoms with Gasteiger partial charge in [-0.05, 0) is 67.3 Å². The Morgan fingerprint density at radius 1 is 1.00 bits per heavy atom. The van der Waals surface area contributed by atoms with Crippen LogP contribution in [0.1, 0.15) is 47.1 Å². The van der Waals surface area contributed by atoms with E-state index in [1.807, 2.05) is 41.4 Å². The number of hydrogen-bond donors (Lipinski definition) is 1. The second-order valence-corrected chi connectivity index (χ2v) is 11.9. The zero-order chi connectivity index (χ0) is 32.0. The van der Waals surface area contributed by atoms with Crippen LogP contribution in [0, 0.1) is 18.3 Å². The van der Waals surface area contributed by atoms with Gasteiger partial charge in [0, 0.05) is 53.3 Å². The second kappa shape index (κ2) is 14.0. The summed E-state index contributed by atoms with van der Waals surface area (Å²) < 4.78 is 12.6. The van der Waals surface area contributed by atoms with Crippen molar-refractivity contribution < 1.29 is 19.4 Å². The van der Waals surface area contributed by atoms with Gasteiger partial charge in [0.1, 0.15) is 36.8 Å². The number of pyridine rings is 2. The molecule has 0 spiro atoms. The Labute approximate surface area is 272 Å². The van der Waals surface area contributed by atoms with E-state index in [1.54, 1.807) is 24.4 Å². The third kappa shape index (κ3) is 6.96. The van der Waals surface area contributed by atoms with Crippen LogP contribution in [0.3, 0.4) is 0 Å². The van der Waals surface area contributed by atoms with Crippen molar-refractivity contribution >= 4 is 28.5 Å². The van der Waals surface area contributed by atoms with Gasteiger partial charge in [-0.15, -0.1) is 0 Å². The van der Waals surface area contributed by atoms with Crippen LogP contribution in [0.2, 0.25) is 5.02 Å². The number of carboxylic acid groups (broad SMARTS) is 1. The van der Waals surface area contributed by atoms with E-state index >= 15 is 0 Å². The fourth-order valence-electron chi connectivity index (χ4n) is 5.94. The van der Waals surface area contributed by atoms with Crippen molar-refractivity contribution in [1.82, 2.24) is 14.9 Å². The lowest BCUT2D eigenvalue weighted by molar-refractivity contribution is -0.144. The van der Waals surface area contributed by atoms with Crippen molar-refractivity contribution in [2.24, 2.45) is 0 Å². The minimum absolute atomic E-state index is 0.167. The predicted octanol–water partition coefficient (Wildman–Crippen LogP) is 7.73. The molecule has 1 fully saturated rings. The minimum atomic E-state index is -0.829. The summed E-state index contributed by atoms with van der Waals surface area (Å²) in [7, 11) is 0. The fraction of sp³-hybridized carbons (Fsp3) is 0.243. The van der Waals surface area contributed by atoms with Gasteiger partial charge in [0.25, 0.3) is 0 Å². The molecule has 0 aliphatic carbocycles. The number of nitriles is 1. The molecule has 0 saturated carbocycles. The Morgan fingerprint density at radius 3 is 2.70 bits per heavy atom. The van der Waals surface area contributed by atoms with Crippen LogP contribution < -0.4 is 9.47 Å². The summed E-state index contributed by atoms with van der Waals surface area (Å²) in [6.07, 6.45) is 7.45. The first-order valence-electron chi connectivity index (χ1n) is 15.2. The molecule has 1 aliphatic rings. The van der Waals surface area contributed by atoms with Gasteiger partial charge in [0.05, 0.1) is 16.1 Å². The molecule has 0 amide bonds. The molecule has 1 saturated heterocycles. The second-order valence-electron chi connectivity index (χ2n) is 11.5. The van der Waals surface area contributed by atoms with Crippen molar-refractivity contribution in [3.63, 3.8) is 0 Å². The first-order chi connectivity index (χ1) is 22.4. The molecule has 8 nitrogen and oxygen atoms in total. The third-order valence-corrected chi connectivity index (χ3v) is 8.73. The normalized spacial score (nSPS) is 14.9. The molecule has 1 unspecified atom stereocenters. The van der Waals surface area contributed by atoms with Gasteiger partial charge in [-0.1, -0.05) is 54.4 Å². The summed E-state index contributed by atoms with van der Waals surface area (Å²) in [6.45, 7) is 3.55. The molecule has 3 heterocycles. The van der Waals surface area contributed by atoms with Gasteiger partial charge in [0.15, 0.2) is 0 Å². The molecule has 6 rings (SSSR count). The summed E-state index contributed by atoms with van der Waals surface area (Å²) >= 11 is 6.79. The lowest BCUT2D eigenvalue weighted by Gasteiger charge is -2.33. The largest absolute Gasteiger partial charge is 0.488 e. The molecule has 46 heavy (non-hydrogen) atoms. The van der Waals surface area contributed by atoms with E-state index in [9.17, 15) is 15.2 Å². The highest BCUT2D eigenvalue weighted by molar-refractivity contribution is 6.32. The first-order valence-corrected chi connectivity index (χ1v) is 15.6. The number of carboxylic acids is 1. The number of likely N-dealkylation sites (tertiary alicyclic amines) is 1. The van der Waals surface area contributed by atoms with Crippen LogP contribution in [0.4, 0.5) is 0 Å². The molecule has 232 valence electrons. The summed E-state index contributed by atoms with van der Waals surface area (Å²) in [5.74, 6) is 0.156. The number of carbonyl (C=O) groups is 1. The lowest BCUT2D eigenvalue weighted by Crippen LogP contribution is -2.44. The van der Waals surface area contributed by atoms with Gasteiger partial charge in [-0.3, -0.25) is 19.7 Å². The summed E-state index contributed by atoms with van der Waals surface area (Å²) in [5.41, 5.74) is 7.08. The Balaban J connectivity index is 1.26. The van der Waals surface area contributed by atoms with Gasteiger partial charge < -0.3 is 14.6 Å². The Kier molecular flexibility index (Phi) is 9.43. The molecule has 1 aliphatic heterocycles. The molecule has 1 atom stereocenters. The summed E-state index contributed by atoms with van der Waals surface area (Å²) in [4.78, 5) is 22.7. The number of piperidine rings is 1. The molecule has 2 aromatic heterocycles. The van der Waals surface area contributed by atoms with Crippen molar-refractivity contribution in [2.75, 3.05) is 6.54 Å². The highest BCUT2D eigenvalue weighted by Crippen LogP contribution is 2.36. The number of aromatic nitrogens is 2. The fourth-order valence-corrected chi connectivity index (χ4v) is 6.18. The lowest BCUT2D eigenvalue weighted by atomic mass is 9.97. The van der Waals surface area contributed by atoms with Crippen LogP contribution in [0.15, 0.2) is 85.3 Å². The van der Waals surface area contributed by atoms with Gasteiger partial charge >= 0.3 is 5.97 Å². The van der Waals surface area contributed by atoms with Crippen LogP contribution in [0.5, 0.6) is 11.5 Å². The molecule has 1 N–H and O–H groups in total. The van der Waals surface area contributed by atoms with Gasteiger partial charge in [0.2, 0.25) is 0 Å². The van der Waals surface area contributed by atoms with E-state index < -0.39 is 12.0 Å². The average Bonchev–Trinajstić information content (AvgIpc) is 3.08. The first kappa shape index (κ1) is 31.0. The standard InChI is InChI=1S/C37H33ClN4O4/c1-24-28(8-6-9-31(24)29-14-27-7-2-3-10-33(27)41-20-29)23-46-36-16-35(45-22-26-13-25(17-39)18-40-19-26)30(15-32(36)38)21-42-12-5-4-11-34(42)37(43)44/h2-3,6-10,13-16,18-20,34H,4-5,11-12,21-23H2,1H3,(H,43,44). The Hall–Kier alpha value is -4.97. The zero-order valence-electron chi connectivity index (χ0n) is 25.4. The Morgan fingerprint density at radius 2 is 1.85 bits per heavy atom. The zero-order valence-corrected chi connectivity index (χ0v) is 26.2. The molecule has 0 bridgehead atoms. The van der Waals surface area contributed by atoms with E-state index in [4.69, 9.17) is 21.1 Å². The topological polar surface area (TPSA) is 109 Å². The van der Waals surface area contributed by atoms with Crippen LogP contribution in [-0.2, 0) is 24.6 Å². The number of rotatable bonds is 10. The highest BCUT2D eigenvalue weighted by atomic mass is 35.5. The number of para-hydroxylation sites is 1. The molecule has 5 aromatic rings. The molecule has 0 radical (unpaired) electrons. The van der Waals surface area contributed by atoms with E-state index in [0.29, 0.717) is 41.6 Å². The smallest absolute Gasteiger partial charge is 0.320 e. The number of aliphatic carboxylic acids is 1. The number of benzene rings is 3. The third-order valence-electron chi connectivity index (χ3n) is 8.44. The summed E-state index contributed by atoms with van der Waals surface area (Å²) in [5, 5.41) is 20.6. The quantitative estimate of drug-likeness (QED) is 0.167. The molecule has 3 aromatic carbocycles. The van der Waals surface area contributed by atoms with Crippen molar-refractivity contribution in [3.05, 3.63) is 118 Å². The van der Waals surface area contributed by atoms with Crippen LogP contribution >= 0.6 is 11.6 Å². The minimum Gasteiger partial charge on any atom is -0.488 e. The predicted molar refractivity (Wildman–Crippen MR) is 177 cm³/mol. The van der Waals surface area contributed by atoms with Crippen molar-refractivity contribution in [3.8, 4) is 28.7 Å². The monoisotopic (exact) mass is 632 g/mol. The number of halogens is 1. The van der Waals surface area contributed by atoms with Crippen LogP contribution in [0.25, 0.3) is 22.0 Å². The maximum Gasteiger partial charge on any atom is 0.320 e. The van der Waals surface area contributed by atoms with Gasteiger partial charge in [-0.25, -0.2) is 0 Å².